The van der Waals surface area contributed by atoms with Crippen LogP contribution in [0.2, 0.25) is 10.0 Å². The lowest BCUT2D eigenvalue weighted by molar-refractivity contribution is -0.139. The molecule has 1 unspecified atom stereocenters. The Morgan fingerprint density at radius 2 is 1.76 bits per heavy atom. The van der Waals surface area contributed by atoms with E-state index in [1.54, 1.807) is 25.1 Å². The average Bonchev–Trinajstić information content (AvgIpc) is 2.71. The molecule has 0 saturated carbocycles. The third kappa shape index (κ3) is 4.83. The Labute approximate surface area is 178 Å². The largest absolute Gasteiger partial charge is 0.479 e. The van der Waals surface area contributed by atoms with E-state index >= 15 is 0 Å². The number of amides is 1. The number of nitrogens with zero attached hydrogens (tertiary/aromatic N) is 2. The van der Waals surface area contributed by atoms with Crippen molar-refractivity contribution in [1.29, 1.82) is 0 Å². The van der Waals surface area contributed by atoms with Gasteiger partial charge in [0.25, 0.3) is 5.91 Å². The highest BCUT2D eigenvalue weighted by molar-refractivity contribution is 7.89. The van der Waals surface area contributed by atoms with Crippen LogP contribution < -0.4 is 4.74 Å². The first-order valence-corrected chi connectivity index (χ1v) is 11.0. The van der Waals surface area contributed by atoms with Crippen molar-refractivity contribution < 1.29 is 22.3 Å². The zero-order valence-corrected chi connectivity index (χ0v) is 17.8. The molecule has 0 aliphatic carbocycles. The van der Waals surface area contributed by atoms with E-state index < -0.39 is 21.9 Å². The van der Waals surface area contributed by atoms with Crippen molar-refractivity contribution in [2.24, 2.45) is 0 Å². The first kappa shape index (κ1) is 21.8. The molecule has 0 aromatic heterocycles. The summed E-state index contributed by atoms with van der Waals surface area (Å²) in [4.78, 5) is 14.1. The van der Waals surface area contributed by atoms with Crippen molar-refractivity contribution in [1.82, 2.24) is 9.21 Å². The van der Waals surface area contributed by atoms with Crippen LogP contribution in [0, 0.1) is 5.82 Å². The second-order valence-electron chi connectivity index (χ2n) is 6.50. The van der Waals surface area contributed by atoms with Gasteiger partial charge in [-0.15, -0.1) is 0 Å². The van der Waals surface area contributed by atoms with Gasteiger partial charge in [0.15, 0.2) is 6.10 Å². The lowest BCUT2D eigenvalue weighted by Gasteiger charge is -2.35. The molecule has 2 aromatic rings. The molecule has 0 spiro atoms. The predicted octanol–water partition coefficient (Wildman–Crippen LogP) is 3.43. The normalized spacial score (nSPS) is 16.5. The highest BCUT2D eigenvalue weighted by Gasteiger charge is 2.32. The van der Waals surface area contributed by atoms with Crippen molar-refractivity contribution in [3.63, 3.8) is 0 Å². The number of carbonyl (C=O) groups excluding carboxylic acids is 1. The number of hydrogen-bond donors (Lipinski definition) is 0. The van der Waals surface area contributed by atoms with Gasteiger partial charge in [-0.1, -0.05) is 35.3 Å². The minimum Gasteiger partial charge on any atom is -0.479 e. The van der Waals surface area contributed by atoms with Gasteiger partial charge in [-0.05, 0) is 37.3 Å². The summed E-state index contributed by atoms with van der Waals surface area (Å²) in [5, 5.41) is 0.541. The van der Waals surface area contributed by atoms with E-state index in [0.29, 0.717) is 10.8 Å². The molecule has 29 heavy (non-hydrogen) atoms. The molecule has 156 valence electrons. The highest BCUT2D eigenvalue weighted by atomic mass is 35.5. The number of rotatable bonds is 5. The van der Waals surface area contributed by atoms with Gasteiger partial charge >= 0.3 is 0 Å². The maximum Gasteiger partial charge on any atom is 0.263 e. The molecule has 1 atom stereocenters. The fraction of sp³-hybridized carbons (Fsp3) is 0.316. The molecular formula is C19H19Cl2FN2O4S. The highest BCUT2D eigenvalue weighted by Crippen LogP contribution is 2.32. The summed E-state index contributed by atoms with van der Waals surface area (Å²) in [6.45, 7) is 2.20. The monoisotopic (exact) mass is 460 g/mol. The summed E-state index contributed by atoms with van der Waals surface area (Å²) in [5.41, 5.74) is 0. The van der Waals surface area contributed by atoms with Crippen molar-refractivity contribution in [2.75, 3.05) is 26.2 Å². The first-order chi connectivity index (χ1) is 13.7. The second-order valence-corrected chi connectivity index (χ2v) is 9.22. The number of sulfonamides is 1. The number of hydrogen-bond acceptors (Lipinski definition) is 4. The first-order valence-electron chi connectivity index (χ1n) is 8.85. The standard InChI is InChI=1S/C19H19Cl2FN2O4S/c1-13(28-17-7-3-6-16(20)18(17)21)19(25)23-8-10-24(11-9-23)29(26,27)15-5-2-4-14(22)12-15/h2-7,12-13H,8-11H2,1H3. The average molecular weight is 461 g/mol. The molecule has 1 amide bonds. The number of halogens is 3. The van der Waals surface area contributed by atoms with Gasteiger partial charge in [-0.3, -0.25) is 4.79 Å². The van der Waals surface area contributed by atoms with Crippen molar-refractivity contribution in [3.8, 4) is 5.75 Å². The van der Waals surface area contributed by atoms with Crippen molar-refractivity contribution >= 4 is 39.1 Å². The van der Waals surface area contributed by atoms with Crippen LogP contribution in [0.3, 0.4) is 0 Å². The minimum absolute atomic E-state index is 0.106. The summed E-state index contributed by atoms with van der Waals surface area (Å²) in [6, 6.07) is 9.75. The smallest absolute Gasteiger partial charge is 0.263 e. The third-order valence-electron chi connectivity index (χ3n) is 4.55. The van der Waals surface area contributed by atoms with E-state index in [1.807, 2.05) is 0 Å². The van der Waals surface area contributed by atoms with Gasteiger partial charge in [0, 0.05) is 26.2 Å². The summed E-state index contributed by atoms with van der Waals surface area (Å²) in [6.07, 6.45) is -0.822. The number of benzene rings is 2. The van der Waals surface area contributed by atoms with Crippen molar-refractivity contribution in [3.05, 3.63) is 58.3 Å². The van der Waals surface area contributed by atoms with Crippen LogP contribution >= 0.6 is 23.2 Å². The maximum atomic E-state index is 13.4. The SMILES string of the molecule is CC(Oc1cccc(Cl)c1Cl)C(=O)N1CCN(S(=O)(=O)c2cccc(F)c2)CC1. The Bertz CT molecular complexity index is 1010. The van der Waals surface area contributed by atoms with Gasteiger partial charge < -0.3 is 9.64 Å². The molecule has 1 saturated heterocycles. The molecule has 10 heteroatoms. The quantitative estimate of drug-likeness (QED) is 0.685. The summed E-state index contributed by atoms with van der Waals surface area (Å²) in [5.74, 6) is -0.610. The molecule has 1 fully saturated rings. The van der Waals surface area contributed by atoms with E-state index in [-0.39, 0.29) is 42.0 Å². The van der Waals surface area contributed by atoms with E-state index in [0.717, 1.165) is 6.07 Å². The molecule has 0 N–H and O–H groups in total. The topological polar surface area (TPSA) is 66.9 Å². The predicted molar refractivity (Wildman–Crippen MR) is 108 cm³/mol. The van der Waals surface area contributed by atoms with Gasteiger partial charge in [-0.25, -0.2) is 12.8 Å². The van der Waals surface area contributed by atoms with Crippen LogP contribution in [-0.2, 0) is 14.8 Å². The fourth-order valence-corrected chi connectivity index (χ4v) is 4.79. The van der Waals surface area contributed by atoms with E-state index in [9.17, 15) is 17.6 Å². The summed E-state index contributed by atoms with van der Waals surface area (Å²) >= 11 is 12.0. The van der Waals surface area contributed by atoms with Gasteiger partial charge in [0.2, 0.25) is 10.0 Å². The van der Waals surface area contributed by atoms with Crippen LogP contribution in [0.25, 0.3) is 0 Å². The molecule has 0 radical (unpaired) electrons. The molecule has 1 aliphatic heterocycles. The number of piperazine rings is 1. The Kier molecular flexibility index (Phi) is 6.68. The fourth-order valence-electron chi connectivity index (χ4n) is 3.00. The molecule has 1 heterocycles. The molecular weight excluding hydrogens is 442 g/mol. The van der Waals surface area contributed by atoms with E-state index in [2.05, 4.69) is 0 Å². The van der Waals surface area contributed by atoms with Crippen LogP contribution in [-0.4, -0.2) is 55.8 Å². The Morgan fingerprint density at radius 1 is 1.10 bits per heavy atom. The van der Waals surface area contributed by atoms with E-state index in [4.69, 9.17) is 27.9 Å². The summed E-state index contributed by atoms with van der Waals surface area (Å²) in [7, 11) is -3.82. The number of ether oxygens (including phenoxy) is 1. The van der Waals surface area contributed by atoms with Gasteiger partial charge in [0.05, 0.1) is 9.92 Å². The molecule has 2 aromatic carbocycles. The lowest BCUT2D eigenvalue weighted by atomic mass is 10.2. The Balaban J connectivity index is 1.62. The Morgan fingerprint density at radius 3 is 2.41 bits per heavy atom. The molecule has 3 rings (SSSR count). The van der Waals surface area contributed by atoms with Crippen molar-refractivity contribution in [2.45, 2.75) is 17.9 Å². The van der Waals surface area contributed by atoms with Crippen LogP contribution in [0.1, 0.15) is 6.92 Å². The van der Waals surface area contributed by atoms with Gasteiger partial charge in [-0.2, -0.15) is 4.31 Å². The molecule has 6 nitrogen and oxygen atoms in total. The third-order valence-corrected chi connectivity index (χ3v) is 7.25. The van der Waals surface area contributed by atoms with Gasteiger partial charge in [0.1, 0.15) is 16.6 Å². The maximum absolute atomic E-state index is 13.4. The number of carbonyl (C=O) groups is 1. The van der Waals surface area contributed by atoms with Crippen LogP contribution in [0.5, 0.6) is 5.75 Å². The Hall–Kier alpha value is -1.87. The summed E-state index contributed by atoms with van der Waals surface area (Å²) < 4.78 is 45.6. The zero-order valence-electron chi connectivity index (χ0n) is 15.5. The zero-order chi connectivity index (χ0) is 21.2. The minimum atomic E-state index is -3.82. The van der Waals surface area contributed by atoms with Crippen LogP contribution in [0.4, 0.5) is 4.39 Å². The van der Waals surface area contributed by atoms with Crippen LogP contribution in [0.15, 0.2) is 47.4 Å². The lowest BCUT2D eigenvalue weighted by Crippen LogP contribution is -2.53. The van der Waals surface area contributed by atoms with E-state index in [1.165, 1.54) is 27.4 Å². The molecule has 0 bridgehead atoms. The second kappa shape index (κ2) is 8.87. The molecule has 1 aliphatic rings.